The molecule has 0 saturated heterocycles. The fourth-order valence-electron chi connectivity index (χ4n) is 1.98. The summed E-state index contributed by atoms with van der Waals surface area (Å²) in [7, 11) is 1.86. The number of rotatable bonds is 6. The van der Waals surface area contributed by atoms with Gasteiger partial charge >= 0.3 is 0 Å². The number of aryl methyl sites for hydroxylation is 3. The third-order valence-corrected chi connectivity index (χ3v) is 3.13. The largest absolute Gasteiger partial charge is 0.373 e. The Bertz CT molecular complexity index is 559. The summed E-state index contributed by atoms with van der Waals surface area (Å²) in [6.45, 7) is 6.62. The van der Waals surface area contributed by atoms with Crippen LogP contribution in [0, 0.1) is 13.8 Å². The predicted molar refractivity (Wildman–Crippen MR) is 78.9 cm³/mol. The SMILES string of the molecule is CCCc1nc(NC)cc(NCc2c(C)noc2C)n1. The van der Waals surface area contributed by atoms with E-state index < -0.39 is 0 Å². The summed E-state index contributed by atoms with van der Waals surface area (Å²) in [6.07, 6.45) is 1.89. The minimum absolute atomic E-state index is 0.646. The van der Waals surface area contributed by atoms with Gasteiger partial charge in [0.05, 0.1) is 5.69 Å². The number of anilines is 2. The first-order valence-electron chi connectivity index (χ1n) is 6.85. The van der Waals surface area contributed by atoms with Crippen LogP contribution in [-0.2, 0) is 13.0 Å². The summed E-state index contributed by atoms with van der Waals surface area (Å²) in [5, 5.41) is 10.3. The van der Waals surface area contributed by atoms with Crippen LogP contribution in [0.5, 0.6) is 0 Å². The van der Waals surface area contributed by atoms with Gasteiger partial charge in [-0.3, -0.25) is 0 Å². The second-order valence-electron chi connectivity index (χ2n) is 4.71. The van der Waals surface area contributed by atoms with E-state index in [0.717, 1.165) is 47.3 Å². The Morgan fingerprint density at radius 1 is 1.20 bits per heavy atom. The predicted octanol–water partition coefficient (Wildman–Crippen LogP) is 2.69. The van der Waals surface area contributed by atoms with Gasteiger partial charge in [0, 0.05) is 31.6 Å². The molecular weight excluding hydrogens is 254 g/mol. The molecule has 0 aliphatic heterocycles. The van der Waals surface area contributed by atoms with Gasteiger partial charge in [-0.05, 0) is 20.3 Å². The maximum Gasteiger partial charge on any atom is 0.138 e. The summed E-state index contributed by atoms with van der Waals surface area (Å²) in [5.41, 5.74) is 1.98. The van der Waals surface area contributed by atoms with Crippen LogP contribution in [0.25, 0.3) is 0 Å². The molecule has 0 fully saturated rings. The standard InChI is InChI=1S/C14H21N5O/c1-5-6-12-17-13(15-4)7-14(18-12)16-8-11-9(2)19-20-10(11)3/h7H,5-6,8H2,1-4H3,(H2,15,16,17,18). The molecule has 0 radical (unpaired) electrons. The van der Waals surface area contributed by atoms with Crippen molar-refractivity contribution in [1.29, 1.82) is 0 Å². The molecule has 20 heavy (non-hydrogen) atoms. The molecule has 0 amide bonds. The van der Waals surface area contributed by atoms with Gasteiger partial charge in [-0.1, -0.05) is 12.1 Å². The molecule has 6 nitrogen and oxygen atoms in total. The first-order valence-corrected chi connectivity index (χ1v) is 6.85. The van der Waals surface area contributed by atoms with E-state index in [1.807, 2.05) is 27.0 Å². The van der Waals surface area contributed by atoms with Crippen LogP contribution >= 0.6 is 0 Å². The van der Waals surface area contributed by atoms with E-state index in [9.17, 15) is 0 Å². The molecule has 108 valence electrons. The summed E-state index contributed by atoms with van der Waals surface area (Å²) < 4.78 is 5.16. The maximum absolute atomic E-state index is 5.16. The van der Waals surface area contributed by atoms with E-state index in [2.05, 4.69) is 32.7 Å². The minimum Gasteiger partial charge on any atom is -0.373 e. The highest BCUT2D eigenvalue weighted by Crippen LogP contribution is 2.16. The Morgan fingerprint density at radius 3 is 2.55 bits per heavy atom. The molecule has 6 heteroatoms. The topological polar surface area (TPSA) is 75.9 Å². The lowest BCUT2D eigenvalue weighted by Crippen LogP contribution is -2.07. The Hall–Kier alpha value is -2.11. The summed E-state index contributed by atoms with van der Waals surface area (Å²) in [4.78, 5) is 8.95. The first kappa shape index (κ1) is 14.3. The summed E-state index contributed by atoms with van der Waals surface area (Å²) in [6, 6.07) is 1.90. The van der Waals surface area contributed by atoms with Crippen molar-refractivity contribution in [2.75, 3.05) is 17.7 Å². The van der Waals surface area contributed by atoms with Gasteiger partial charge in [0.25, 0.3) is 0 Å². The molecule has 0 aliphatic rings. The fraction of sp³-hybridized carbons (Fsp3) is 0.500. The summed E-state index contributed by atoms with van der Waals surface area (Å²) in [5.74, 6) is 3.32. The highest BCUT2D eigenvalue weighted by Gasteiger charge is 2.09. The zero-order valence-corrected chi connectivity index (χ0v) is 12.4. The Morgan fingerprint density at radius 2 is 1.95 bits per heavy atom. The van der Waals surface area contributed by atoms with Gasteiger partial charge in [0.15, 0.2) is 0 Å². The second kappa shape index (κ2) is 6.36. The van der Waals surface area contributed by atoms with Gasteiger partial charge < -0.3 is 15.2 Å². The molecule has 0 spiro atoms. The van der Waals surface area contributed by atoms with Gasteiger partial charge in [-0.25, -0.2) is 9.97 Å². The molecule has 2 rings (SSSR count). The van der Waals surface area contributed by atoms with Gasteiger partial charge in [-0.2, -0.15) is 0 Å². The molecule has 2 heterocycles. The molecule has 0 bridgehead atoms. The quantitative estimate of drug-likeness (QED) is 0.844. The molecule has 0 aliphatic carbocycles. The van der Waals surface area contributed by atoms with Crippen molar-refractivity contribution in [1.82, 2.24) is 15.1 Å². The van der Waals surface area contributed by atoms with Gasteiger partial charge in [0.2, 0.25) is 0 Å². The van der Waals surface area contributed by atoms with E-state index in [1.165, 1.54) is 0 Å². The van der Waals surface area contributed by atoms with Gasteiger partial charge in [-0.15, -0.1) is 0 Å². The minimum atomic E-state index is 0.646. The van der Waals surface area contributed by atoms with E-state index in [4.69, 9.17) is 4.52 Å². The number of hydrogen-bond donors (Lipinski definition) is 2. The molecular formula is C14H21N5O. The van der Waals surface area contributed by atoms with Crippen molar-refractivity contribution in [2.45, 2.75) is 40.2 Å². The van der Waals surface area contributed by atoms with E-state index in [1.54, 1.807) is 0 Å². The Balaban J connectivity index is 2.14. The monoisotopic (exact) mass is 275 g/mol. The van der Waals surface area contributed by atoms with Crippen molar-refractivity contribution < 1.29 is 4.52 Å². The lowest BCUT2D eigenvalue weighted by Gasteiger charge is -2.09. The number of nitrogens with one attached hydrogen (secondary N) is 2. The molecule has 2 aromatic heterocycles. The number of hydrogen-bond acceptors (Lipinski definition) is 6. The summed E-state index contributed by atoms with van der Waals surface area (Å²) >= 11 is 0. The fourth-order valence-corrected chi connectivity index (χ4v) is 1.98. The maximum atomic E-state index is 5.16. The molecule has 0 saturated carbocycles. The van der Waals surface area contributed by atoms with Crippen LogP contribution in [-0.4, -0.2) is 22.2 Å². The molecule has 0 unspecified atom stereocenters. The van der Waals surface area contributed by atoms with E-state index in [0.29, 0.717) is 6.54 Å². The Kier molecular flexibility index (Phi) is 4.55. The molecule has 2 N–H and O–H groups in total. The third kappa shape index (κ3) is 3.26. The lowest BCUT2D eigenvalue weighted by molar-refractivity contribution is 0.392. The van der Waals surface area contributed by atoms with Crippen LogP contribution in [0.4, 0.5) is 11.6 Å². The zero-order chi connectivity index (χ0) is 14.5. The van der Waals surface area contributed by atoms with Crippen molar-refractivity contribution in [3.05, 3.63) is 28.9 Å². The van der Waals surface area contributed by atoms with Crippen LogP contribution < -0.4 is 10.6 Å². The van der Waals surface area contributed by atoms with Gasteiger partial charge in [0.1, 0.15) is 23.2 Å². The molecule has 0 atom stereocenters. The average Bonchev–Trinajstić information content (AvgIpc) is 2.76. The highest BCUT2D eigenvalue weighted by molar-refractivity contribution is 5.47. The zero-order valence-electron chi connectivity index (χ0n) is 12.4. The smallest absolute Gasteiger partial charge is 0.138 e. The second-order valence-corrected chi connectivity index (χ2v) is 4.71. The number of aromatic nitrogens is 3. The lowest BCUT2D eigenvalue weighted by atomic mass is 10.2. The Labute approximate surface area is 119 Å². The third-order valence-electron chi connectivity index (χ3n) is 3.13. The van der Waals surface area contributed by atoms with Crippen molar-refractivity contribution in [3.8, 4) is 0 Å². The number of nitrogens with zero attached hydrogens (tertiary/aromatic N) is 3. The van der Waals surface area contributed by atoms with Crippen LogP contribution in [0.2, 0.25) is 0 Å². The average molecular weight is 275 g/mol. The molecule has 0 aromatic carbocycles. The van der Waals surface area contributed by atoms with Crippen LogP contribution in [0.3, 0.4) is 0 Å². The van der Waals surface area contributed by atoms with Crippen molar-refractivity contribution >= 4 is 11.6 Å². The first-order chi connectivity index (χ1) is 9.63. The van der Waals surface area contributed by atoms with E-state index in [-0.39, 0.29) is 0 Å². The highest BCUT2D eigenvalue weighted by atomic mass is 16.5. The van der Waals surface area contributed by atoms with Crippen molar-refractivity contribution in [3.63, 3.8) is 0 Å². The van der Waals surface area contributed by atoms with Crippen LogP contribution in [0.1, 0.15) is 36.2 Å². The van der Waals surface area contributed by atoms with Crippen LogP contribution in [0.15, 0.2) is 10.6 Å². The van der Waals surface area contributed by atoms with E-state index >= 15 is 0 Å². The van der Waals surface area contributed by atoms with Crippen molar-refractivity contribution in [2.24, 2.45) is 0 Å². The normalized spacial score (nSPS) is 10.6. The molecule has 2 aromatic rings.